The zero-order chi connectivity index (χ0) is 10.5. The Bertz CT molecular complexity index is 408. The molecule has 0 saturated heterocycles. The first-order valence-corrected chi connectivity index (χ1v) is 4.84. The lowest BCUT2D eigenvalue weighted by Crippen LogP contribution is -1.94. The Balaban J connectivity index is 2.24. The normalized spacial score (nSPS) is 9.93. The fraction of sp³-hybridized carbons (Fsp3) is 0.0769. The Morgan fingerprint density at radius 3 is 2.00 bits per heavy atom. The maximum absolute atomic E-state index is 4.82. The highest BCUT2D eigenvalue weighted by atomic mass is 16.6. The van der Waals surface area contributed by atoms with Crippen LogP contribution in [0.25, 0.3) is 11.1 Å². The van der Waals surface area contributed by atoms with Crippen LogP contribution in [0.2, 0.25) is 0 Å². The Morgan fingerprint density at radius 1 is 0.800 bits per heavy atom. The van der Waals surface area contributed by atoms with E-state index in [0.29, 0.717) is 0 Å². The summed E-state index contributed by atoms with van der Waals surface area (Å²) < 4.78 is 0. The number of hydrogen-bond donors (Lipinski definition) is 1. The van der Waals surface area contributed by atoms with Crippen LogP contribution in [0.4, 0.5) is 5.69 Å². The molecule has 2 rings (SSSR count). The Labute approximate surface area is 89.5 Å². The van der Waals surface area contributed by atoms with Crippen LogP contribution in [-0.2, 0) is 4.84 Å². The van der Waals surface area contributed by atoms with Crippen molar-refractivity contribution >= 4 is 5.69 Å². The molecule has 76 valence electrons. The van der Waals surface area contributed by atoms with Crippen LogP contribution in [0.1, 0.15) is 0 Å². The van der Waals surface area contributed by atoms with Crippen molar-refractivity contribution < 1.29 is 4.84 Å². The lowest BCUT2D eigenvalue weighted by atomic mass is 10.1. The highest BCUT2D eigenvalue weighted by Crippen LogP contribution is 2.20. The average molecular weight is 199 g/mol. The second kappa shape index (κ2) is 4.62. The van der Waals surface area contributed by atoms with E-state index in [-0.39, 0.29) is 0 Å². The Morgan fingerprint density at radius 2 is 1.40 bits per heavy atom. The quantitative estimate of drug-likeness (QED) is 0.765. The summed E-state index contributed by atoms with van der Waals surface area (Å²) in [5.74, 6) is 0. The molecule has 15 heavy (non-hydrogen) atoms. The molecule has 0 amide bonds. The molecular formula is C13H13NO. The molecule has 0 fully saturated rings. The summed E-state index contributed by atoms with van der Waals surface area (Å²) >= 11 is 0. The van der Waals surface area contributed by atoms with E-state index in [1.165, 1.54) is 11.1 Å². The van der Waals surface area contributed by atoms with Crippen LogP contribution < -0.4 is 5.48 Å². The van der Waals surface area contributed by atoms with Crippen LogP contribution in [-0.4, -0.2) is 7.11 Å². The zero-order valence-corrected chi connectivity index (χ0v) is 8.60. The van der Waals surface area contributed by atoms with Crippen molar-refractivity contribution in [1.82, 2.24) is 0 Å². The van der Waals surface area contributed by atoms with Gasteiger partial charge in [0.15, 0.2) is 0 Å². The van der Waals surface area contributed by atoms with Crippen LogP contribution in [0.3, 0.4) is 0 Å². The number of nitrogens with one attached hydrogen (secondary N) is 1. The SMILES string of the molecule is CONc1ccc(-c2ccccc2)cc1. The molecule has 0 aliphatic carbocycles. The Kier molecular flexibility index (Phi) is 3.00. The smallest absolute Gasteiger partial charge is 0.0636 e. The maximum atomic E-state index is 4.82. The van der Waals surface area contributed by atoms with E-state index in [9.17, 15) is 0 Å². The predicted octanol–water partition coefficient (Wildman–Crippen LogP) is 3.33. The second-order valence-corrected chi connectivity index (χ2v) is 3.25. The number of rotatable bonds is 3. The Hall–Kier alpha value is -1.80. The molecule has 0 saturated carbocycles. The van der Waals surface area contributed by atoms with E-state index < -0.39 is 0 Å². The van der Waals surface area contributed by atoms with Gasteiger partial charge in [0.1, 0.15) is 0 Å². The van der Waals surface area contributed by atoms with Gasteiger partial charge in [-0.15, -0.1) is 0 Å². The van der Waals surface area contributed by atoms with Crippen molar-refractivity contribution in [1.29, 1.82) is 0 Å². The van der Waals surface area contributed by atoms with Gasteiger partial charge >= 0.3 is 0 Å². The molecule has 0 aliphatic rings. The van der Waals surface area contributed by atoms with Crippen molar-refractivity contribution in [2.45, 2.75) is 0 Å². The summed E-state index contributed by atoms with van der Waals surface area (Å²) in [5, 5.41) is 0. The highest BCUT2D eigenvalue weighted by Gasteiger charge is 1.96. The van der Waals surface area contributed by atoms with Crippen molar-refractivity contribution in [3.63, 3.8) is 0 Å². The molecule has 0 aromatic heterocycles. The first-order valence-electron chi connectivity index (χ1n) is 4.84. The van der Waals surface area contributed by atoms with Gasteiger partial charge in [-0.25, -0.2) is 0 Å². The van der Waals surface area contributed by atoms with E-state index in [4.69, 9.17) is 4.84 Å². The lowest BCUT2D eigenvalue weighted by Gasteiger charge is -2.04. The van der Waals surface area contributed by atoms with Crippen molar-refractivity contribution in [2.24, 2.45) is 0 Å². The van der Waals surface area contributed by atoms with Gasteiger partial charge < -0.3 is 0 Å². The third-order valence-electron chi connectivity index (χ3n) is 2.21. The molecule has 0 atom stereocenters. The minimum Gasteiger partial charge on any atom is -0.279 e. The number of hydrogen-bond acceptors (Lipinski definition) is 2. The summed E-state index contributed by atoms with van der Waals surface area (Å²) in [7, 11) is 1.60. The van der Waals surface area contributed by atoms with Gasteiger partial charge in [-0.1, -0.05) is 42.5 Å². The van der Waals surface area contributed by atoms with Gasteiger partial charge in [0.25, 0.3) is 0 Å². The maximum Gasteiger partial charge on any atom is 0.0636 e. The van der Waals surface area contributed by atoms with Crippen LogP contribution in [0.5, 0.6) is 0 Å². The minimum atomic E-state index is 0.956. The molecule has 0 spiro atoms. The topological polar surface area (TPSA) is 21.3 Å². The molecular weight excluding hydrogens is 186 g/mol. The summed E-state index contributed by atoms with van der Waals surface area (Å²) in [4.78, 5) is 4.82. The predicted molar refractivity (Wildman–Crippen MR) is 62.5 cm³/mol. The second-order valence-electron chi connectivity index (χ2n) is 3.25. The van der Waals surface area contributed by atoms with Gasteiger partial charge in [-0.3, -0.25) is 10.3 Å². The molecule has 0 unspecified atom stereocenters. The van der Waals surface area contributed by atoms with E-state index >= 15 is 0 Å². The van der Waals surface area contributed by atoms with Crippen molar-refractivity contribution in [2.75, 3.05) is 12.6 Å². The summed E-state index contributed by atoms with van der Waals surface area (Å²) in [6.07, 6.45) is 0. The van der Waals surface area contributed by atoms with Crippen LogP contribution in [0, 0.1) is 0 Å². The summed E-state index contributed by atoms with van der Waals surface area (Å²) in [6, 6.07) is 18.4. The number of benzene rings is 2. The van der Waals surface area contributed by atoms with Gasteiger partial charge in [-0.2, -0.15) is 0 Å². The van der Waals surface area contributed by atoms with Crippen LogP contribution in [0.15, 0.2) is 54.6 Å². The largest absolute Gasteiger partial charge is 0.279 e. The van der Waals surface area contributed by atoms with E-state index in [1.54, 1.807) is 7.11 Å². The first-order chi connectivity index (χ1) is 7.40. The summed E-state index contributed by atoms with van der Waals surface area (Å²) in [6.45, 7) is 0. The monoisotopic (exact) mass is 199 g/mol. The van der Waals surface area contributed by atoms with Crippen molar-refractivity contribution in [3.05, 3.63) is 54.6 Å². The van der Waals surface area contributed by atoms with E-state index in [2.05, 4.69) is 29.7 Å². The number of anilines is 1. The van der Waals surface area contributed by atoms with Crippen LogP contribution >= 0.6 is 0 Å². The van der Waals surface area contributed by atoms with Gasteiger partial charge in [-0.05, 0) is 23.3 Å². The molecule has 2 aromatic rings. The fourth-order valence-electron chi connectivity index (χ4n) is 1.48. The minimum absolute atomic E-state index is 0.956. The molecule has 2 heteroatoms. The molecule has 2 nitrogen and oxygen atoms in total. The molecule has 2 aromatic carbocycles. The molecule has 1 N–H and O–H groups in total. The molecule has 0 radical (unpaired) electrons. The standard InChI is InChI=1S/C13H13NO/c1-15-14-13-9-7-12(8-10-13)11-5-3-2-4-6-11/h2-10,14H,1H3. The molecule has 0 aliphatic heterocycles. The molecule has 0 heterocycles. The van der Waals surface area contributed by atoms with Gasteiger partial charge in [0, 0.05) is 0 Å². The average Bonchev–Trinajstić information content (AvgIpc) is 2.32. The van der Waals surface area contributed by atoms with E-state index in [0.717, 1.165) is 5.69 Å². The van der Waals surface area contributed by atoms with Gasteiger partial charge in [0.2, 0.25) is 0 Å². The third kappa shape index (κ3) is 2.36. The van der Waals surface area contributed by atoms with Crippen molar-refractivity contribution in [3.8, 4) is 11.1 Å². The molecule has 0 bridgehead atoms. The highest BCUT2D eigenvalue weighted by molar-refractivity contribution is 5.65. The zero-order valence-electron chi connectivity index (χ0n) is 8.60. The van der Waals surface area contributed by atoms with E-state index in [1.807, 2.05) is 30.3 Å². The lowest BCUT2D eigenvalue weighted by molar-refractivity contribution is 0.271. The third-order valence-corrected chi connectivity index (χ3v) is 2.21. The fourth-order valence-corrected chi connectivity index (χ4v) is 1.48. The summed E-state index contributed by atoms with van der Waals surface area (Å²) in [5.41, 5.74) is 6.17. The van der Waals surface area contributed by atoms with Gasteiger partial charge in [0.05, 0.1) is 12.8 Å². The first kappa shape index (κ1) is 9.74.